The number of hydrogen-bond acceptors (Lipinski definition) is 7. The number of nitro benzene ring substituents is 1. The molecule has 9 heteroatoms. The predicted molar refractivity (Wildman–Crippen MR) is 161 cm³/mol. The van der Waals surface area contributed by atoms with Crippen molar-refractivity contribution in [2.75, 3.05) is 10.2 Å². The first-order chi connectivity index (χ1) is 20.2. The molecule has 3 aliphatic rings. The molecule has 1 aromatic heterocycles. The van der Waals surface area contributed by atoms with Gasteiger partial charge in [0.15, 0.2) is 11.6 Å². The highest BCUT2D eigenvalue weighted by Crippen LogP contribution is 2.59. The number of nitrogens with zero attached hydrogens (tertiary/aromatic N) is 2. The van der Waals surface area contributed by atoms with Gasteiger partial charge in [-0.15, -0.1) is 11.3 Å². The summed E-state index contributed by atoms with van der Waals surface area (Å²) in [4.78, 5) is 57.3. The molecule has 1 amide bonds. The summed E-state index contributed by atoms with van der Waals surface area (Å²) in [5.41, 5.74) is 3.28. The molecule has 1 spiro atoms. The van der Waals surface area contributed by atoms with Gasteiger partial charge in [-0.3, -0.25) is 24.5 Å². The largest absolute Gasteiger partial charge is 0.352 e. The summed E-state index contributed by atoms with van der Waals surface area (Å²) >= 11 is 1.28. The third kappa shape index (κ3) is 3.50. The van der Waals surface area contributed by atoms with E-state index in [4.69, 9.17) is 0 Å². The molecule has 0 aliphatic carbocycles. The first-order valence-corrected chi connectivity index (χ1v) is 14.5. The van der Waals surface area contributed by atoms with E-state index in [1.165, 1.54) is 35.6 Å². The zero-order valence-corrected chi connectivity index (χ0v) is 23.6. The number of fused-ring (bicyclic) bond motifs is 6. The van der Waals surface area contributed by atoms with E-state index in [0.717, 1.165) is 22.4 Å². The molecule has 0 bridgehead atoms. The third-order valence-electron chi connectivity index (χ3n) is 8.79. The Hall–Kier alpha value is -4.89. The van der Waals surface area contributed by atoms with Crippen LogP contribution >= 0.6 is 11.3 Å². The van der Waals surface area contributed by atoms with E-state index in [1.54, 1.807) is 18.2 Å². The fraction of sp³-hybridized carbons (Fsp3) is 0.182. The minimum atomic E-state index is -1.47. The summed E-state index contributed by atoms with van der Waals surface area (Å²) in [6.45, 7) is 3.97. The Kier molecular flexibility index (Phi) is 5.78. The number of carbonyl (C=O) groups is 3. The van der Waals surface area contributed by atoms with Crippen molar-refractivity contribution in [2.24, 2.45) is 5.92 Å². The maximum absolute atomic E-state index is 14.8. The number of aryl methyl sites for hydroxylation is 1. The number of benzene rings is 3. The van der Waals surface area contributed by atoms with E-state index in [1.807, 2.05) is 60.5 Å². The lowest BCUT2D eigenvalue weighted by molar-refractivity contribution is -0.384. The summed E-state index contributed by atoms with van der Waals surface area (Å²) in [7, 11) is 0. The Morgan fingerprint density at radius 3 is 2.55 bits per heavy atom. The number of rotatable bonds is 5. The maximum Gasteiger partial charge on any atom is 0.270 e. The highest BCUT2D eigenvalue weighted by Gasteiger charge is 2.70. The quantitative estimate of drug-likeness (QED) is 0.172. The van der Waals surface area contributed by atoms with Crippen LogP contribution < -0.4 is 10.2 Å². The molecule has 4 aromatic rings. The molecule has 1 fully saturated rings. The Balaban J connectivity index is 1.56. The van der Waals surface area contributed by atoms with Gasteiger partial charge < -0.3 is 10.2 Å². The number of nitro groups is 1. The van der Waals surface area contributed by atoms with Crippen molar-refractivity contribution in [1.82, 2.24) is 0 Å². The van der Waals surface area contributed by atoms with Gasteiger partial charge in [-0.2, -0.15) is 0 Å². The van der Waals surface area contributed by atoms with Crippen LogP contribution in [-0.4, -0.2) is 34.5 Å². The molecule has 208 valence electrons. The summed E-state index contributed by atoms with van der Waals surface area (Å²) in [5.74, 6) is -2.32. The van der Waals surface area contributed by atoms with Crippen molar-refractivity contribution in [3.8, 4) is 0 Å². The molecule has 3 aromatic carbocycles. The second-order valence-electron chi connectivity index (χ2n) is 11.0. The molecular weight excluding hydrogens is 550 g/mol. The molecule has 8 nitrogen and oxygen atoms in total. The summed E-state index contributed by atoms with van der Waals surface area (Å²) in [6, 6.07) is 20.6. The number of ketones is 2. The van der Waals surface area contributed by atoms with Gasteiger partial charge in [0.1, 0.15) is 11.5 Å². The van der Waals surface area contributed by atoms with E-state index >= 15 is 0 Å². The summed E-state index contributed by atoms with van der Waals surface area (Å²) in [5, 5.41) is 16.5. The number of carbonyl (C=O) groups excluding carboxylic acids is 3. The molecule has 0 saturated carbocycles. The van der Waals surface area contributed by atoms with Crippen molar-refractivity contribution >= 4 is 51.4 Å². The van der Waals surface area contributed by atoms with Crippen LogP contribution in [0.25, 0.3) is 5.57 Å². The molecule has 4 atom stereocenters. The van der Waals surface area contributed by atoms with Gasteiger partial charge in [0, 0.05) is 34.6 Å². The van der Waals surface area contributed by atoms with Crippen LogP contribution in [0.15, 0.2) is 90.3 Å². The number of nitrogens with one attached hydrogen (secondary N) is 1. The molecule has 1 saturated heterocycles. The maximum atomic E-state index is 14.8. The topological polar surface area (TPSA) is 110 Å². The van der Waals surface area contributed by atoms with Crippen molar-refractivity contribution < 1.29 is 19.3 Å². The minimum Gasteiger partial charge on any atom is -0.352 e. The average molecular weight is 576 g/mol. The monoisotopic (exact) mass is 575 g/mol. The smallest absolute Gasteiger partial charge is 0.270 e. The number of amides is 1. The number of para-hydroxylation sites is 1. The lowest BCUT2D eigenvalue weighted by atomic mass is 9.64. The van der Waals surface area contributed by atoms with Crippen LogP contribution in [0, 0.1) is 23.0 Å². The number of anilines is 2. The first kappa shape index (κ1) is 26.0. The Morgan fingerprint density at radius 2 is 1.79 bits per heavy atom. The number of hydrogen-bond donors (Lipinski definition) is 1. The average Bonchev–Trinajstić information content (AvgIpc) is 3.70. The van der Waals surface area contributed by atoms with Crippen LogP contribution in [0.1, 0.15) is 43.6 Å². The number of Topliss-reactive ketones (excluding diaryl/α,β-unsaturated/α-hetero) is 2. The van der Waals surface area contributed by atoms with E-state index < -0.39 is 34.1 Å². The van der Waals surface area contributed by atoms with Gasteiger partial charge in [-0.1, -0.05) is 54.1 Å². The van der Waals surface area contributed by atoms with Crippen LogP contribution in [0.3, 0.4) is 0 Å². The molecule has 4 unspecified atom stereocenters. The van der Waals surface area contributed by atoms with Gasteiger partial charge in [0.05, 0.1) is 21.8 Å². The van der Waals surface area contributed by atoms with E-state index in [-0.39, 0.29) is 22.9 Å². The molecule has 1 N–H and O–H groups in total. The fourth-order valence-electron chi connectivity index (χ4n) is 7.06. The highest BCUT2D eigenvalue weighted by molar-refractivity contribution is 7.12. The second kappa shape index (κ2) is 9.32. The lowest BCUT2D eigenvalue weighted by Gasteiger charge is -2.39. The molecule has 7 rings (SSSR count). The van der Waals surface area contributed by atoms with Crippen molar-refractivity contribution in [1.29, 1.82) is 0 Å². The Labute approximate surface area is 245 Å². The first-order valence-electron chi connectivity index (χ1n) is 13.6. The zero-order chi connectivity index (χ0) is 29.3. The SMILES string of the molecule is CC1=CC2N(c3ccc(C)cc31)C(C(=O)c1cccs1)C(C(=O)c1cccc([N+](=O)[O-])c1)C21C(=O)Nc2ccccc21. The number of allylic oxidation sites excluding steroid dienone is 1. The molecule has 42 heavy (non-hydrogen) atoms. The summed E-state index contributed by atoms with van der Waals surface area (Å²) < 4.78 is 0. The summed E-state index contributed by atoms with van der Waals surface area (Å²) in [6.07, 6.45) is 2.00. The van der Waals surface area contributed by atoms with Crippen LogP contribution in [-0.2, 0) is 10.2 Å². The predicted octanol–water partition coefficient (Wildman–Crippen LogP) is 6.21. The fourth-order valence-corrected chi connectivity index (χ4v) is 7.76. The van der Waals surface area contributed by atoms with E-state index in [2.05, 4.69) is 11.4 Å². The molecule has 0 radical (unpaired) electrons. The van der Waals surface area contributed by atoms with Gasteiger partial charge in [-0.05, 0) is 54.6 Å². The standard InChI is InChI=1S/C33H25N3O5S/c1-18-12-13-25-22(15-18)19(2)16-27-33(23-9-3-4-10-24(23)34-32(33)39)28(29(35(25)27)31(38)26-11-6-14-42-26)30(37)20-7-5-8-21(17-20)36(40)41/h3-17,27-29H,1-2H3,(H,34,39). The number of thiophene rings is 1. The van der Waals surface area contributed by atoms with Gasteiger partial charge >= 0.3 is 0 Å². The molecular formula is C33H25N3O5S. The number of non-ortho nitro benzene ring substituents is 1. The third-order valence-corrected chi connectivity index (χ3v) is 9.67. The zero-order valence-electron chi connectivity index (χ0n) is 22.7. The van der Waals surface area contributed by atoms with Crippen LogP contribution in [0.5, 0.6) is 0 Å². The van der Waals surface area contributed by atoms with Crippen LogP contribution in [0.4, 0.5) is 17.1 Å². The van der Waals surface area contributed by atoms with E-state index in [0.29, 0.717) is 16.1 Å². The Morgan fingerprint density at radius 1 is 0.976 bits per heavy atom. The van der Waals surface area contributed by atoms with Crippen molar-refractivity contribution in [2.45, 2.75) is 31.3 Å². The van der Waals surface area contributed by atoms with Gasteiger partial charge in [0.2, 0.25) is 5.91 Å². The normalized spacial score (nSPS) is 23.6. The van der Waals surface area contributed by atoms with Crippen LogP contribution in [0.2, 0.25) is 0 Å². The van der Waals surface area contributed by atoms with Crippen molar-refractivity contribution in [3.05, 3.63) is 128 Å². The lowest BCUT2D eigenvalue weighted by Crippen LogP contribution is -2.51. The Bertz CT molecular complexity index is 1860. The minimum absolute atomic E-state index is 0.0828. The highest BCUT2D eigenvalue weighted by atomic mass is 32.1. The van der Waals surface area contributed by atoms with E-state index in [9.17, 15) is 24.5 Å². The van der Waals surface area contributed by atoms with Crippen molar-refractivity contribution in [3.63, 3.8) is 0 Å². The molecule has 3 aliphatic heterocycles. The van der Waals surface area contributed by atoms with Gasteiger partial charge in [0.25, 0.3) is 5.69 Å². The van der Waals surface area contributed by atoms with Gasteiger partial charge in [-0.25, -0.2) is 0 Å². The molecule has 4 heterocycles. The second-order valence-corrected chi connectivity index (χ2v) is 12.0.